The molecule has 0 aliphatic rings. The second kappa shape index (κ2) is 7.92. The van der Waals surface area contributed by atoms with E-state index in [1.54, 1.807) is 0 Å². The molecule has 0 heterocycles. The van der Waals surface area contributed by atoms with Crippen LogP contribution in [0.3, 0.4) is 0 Å². The summed E-state index contributed by atoms with van der Waals surface area (Å²) in [6, 6.07) is 9.31. The van der Waals surface area contributed by atoms with E-state index in [1.165, 1.54) is 7.11 Å². The molecule has 2 N–H and O–H groups in total. The number of carbonyl (C=O) groups excluding carboxylic acids is 1. The van der Waals surface area contributed by atoms with Crippen LogP contribution in [0.1, 0.15) is 31.9 Å². The molecule has 4 heteroatoms. The van der Waals surface area contributed by atoms with Gasteiger partial charge < -0.3 is 15.2 Å². The fourth-order valence-corrected chi connectivity index (χ4v) is 1.79. The van der Waals surface area contributed by atoms with Gasteiger partial charge in [-0.25, -0.2) is 0 Å². The van der Waals surface area contributed by atoms with Crippen LogP contribution in [-0.2, 0) is 9.53 Å². The van der Waals surface area contributed by atoms with Crippen LogP contribution in [0, 0.1) is 5.92 Å². The van der Waals surface area contributed by atoms with Gasteiger partial charge in [0.1, 0.15) is 0 Å². The van der Waals surface area contributed by atoms with Crippen molar-refractivity contribution in [1.82, 2.24) is 5.32 Å². The zero-order valence-corrected chi connectivity index (χ0v) is 11.8. The number of hydrogen-bond acceptors (Lipinski definition) is 3. The van der Waals surface area contributed by atoms with Gasteiger partial charge in [-0.05, 0) is 11.5 Å². The number of hydrogen-bond donors (Lipinski definition) is 2. The minimum absolute atomic E-state index is 0.165. The van der Waals surface area contributed by atoms with Crippen molar-refractivity contribution in [1.29, 1.82) is 0 Å². The lowest BCUT2D eigenvalue weighted by Crippen LogP contribution is -2.38. The van der Waals surface area contributed by atoms with Crippen molar-refractivity contribution >= 4 is 5.91 Å². The lowest BCUT2D eigenvalue weighted by Gasteiger charge is -2.20. The Bertz CT molecular complexity index is 380. The second-order valence-corrected chi connectivity index (χ2v) is 4.72. The molecule has 0 aromatic heterocycles. The summed E-state index contributed by atoms with van der Waals surface area (Å²) in [5.41, 5.74) is 0.806. The van der Waals surface area contributed by atoms with Crippen LogP contribution in [0.4, 0.5) is 0 Å². The summed E-state index contributed by atoms with van der Waals surface area (Å²) in [7, 11) is 1.50. The number of carbonyl (C=O) groups is 1. The molecule has 1 rings (SSSR count). The molecule has 0 aliphatic heterocycles. The summed E-state index contributed by atoms with van der Waals surface area (Å²) in [6.45, 7) is 4.22. The monoisotopic (exact) mass is 265 g/mol. The van der Waals surface area contributed by atoms with Gasteiger partial charge in [0, 0.05) is 13.7 Å². The van der Waals surface area contributed by atoms with Crippen LogP contribution in [-0.4, -0.2) is 30.8 Å². The molecular formula is C15H23NO3. The van der Waals surface area contributed by atoms with Crippen molar-refractivity contribution in [3.05, 3.63) is 35.9 Å². The molecule has 1 amide bonds. The van der Waals surface area contributed by atoms with E-state index in [0.717, 1.165) is 12.0 Å². The van der Waals surface area contributed by atoms with Crippen LogP contribution in [0.2, 0.25) is 0 Å². The SMILES string of the molecule is CCC(C)C(O)CNC(=O)C(OC)c1ccccc1. The van der Waals surface area contributed by atoms with E-state index in [0.29, 0.717) is 0 Å². The average Bonchev–Trinajstić information content (AvgIpc) is 2.45. The van der Waals surface area contributed by atoms with Crippen molar-refractivity contribution in [2.24, 2.45) is 5.92 Å². The number of amides is 1. The van der Waals surface area contributed by atoms with Crippen LogP contribution in [0.5, 0.6) is 0 Å². The van der Waals surface area contributed by atoms with Crippen molar-refractivity contribution < 1.29 is 14.6 Å². The van der Waals surface area contributed by atoms with Crippen molar-refractivity contribution in [3.63, 3.8) is 0 Å². The highest BCUT2D eigenvalue weighted by Gasteiger charge is 2.21. The third-order valence-corrected chi connectivity index (χ3v) is 3.36. The Kier molecular flexibility index (Phi) is 6.53. The summed E-state index contributed by atoms with van der Waals surface area (Å²) < 4.78 is 5.22. The molecule has 0 bridgehead atoms. The molecule has 4 nitrogen and oxygen atoms in total. The predicted octanol–water partition coefficient (Wildman–Crippen LogP) is 1.90. The van der Waals surface area contributed by atoms with Crippen molar-refractivity contribution in [3.8, 4) is 0 Å². The minimum Gasteiger partial charge on any atom is -0.391 e. The first kappa shape index (κ1) is 15.7. The van der Waals surface area contributed by atoms with Gasteiger partial charge in [-0.2, -0.15) is 0 Å². The van der Waals surface area contributed by atoms with Crippen LogP contribution < -0.4 is 5.32 Å². The smallest absolute Gasteiger partial charge is 0.253 e. The van der Waals surface area contributed by atoms with Gasteiger partial charge in [-0.1, -0.05) is 50.6 Å². The summed E-state index contributed by atoms with van der Waals surface area (Å²) >= 11 is 0. The predicted molar refractivity (Wildman–Crippen MR) is 74.7 cm³/mol. The largest absolute Gasteiger partial charge is 0.391 e. The number of aliphatic hydroxyl groups is 1. The Morgan fingerprint density at radius 2 is 2.00 bits per heavy atom. The van der Waals surface area contributed by atoms with Crippen molar-refractivity contribution in [2.45, 2.75) is 32.5 Å². The van der Waals surface area contributed by atoms with Gasteiger partial charge in [0.05, 0.1) is 6.10 Å². The minimum atomic E-state index is -0.634. The first-order valence-corrected chi connectivity index (χ1v) is 6.63. The third-order valence-electron chi connectivity index (χ3n) is 3.36. The highest BCUT2D eigenvalue weighted by Crippen LogP contribution is 2.16. The molecule has 3 atom stereocenters. The Labute approximate surface area is 114 Å². The number of nitrogens with one attached hydrogen (secondary N) is 1. The van der Waals surface area contributed by atoms with Crippen LogP contribution in [0.25, 0.3) is 0 Å². The van der Waals surface area contributed by atoms with E-state index < -0.39 is 12.2 Å². The zero-order valence-electron chi connectivity index (χ0n) is 11.8. The normalized spacial score (nSPS) is 15.6. The highest BCUT2D eigenvalue weighted by atomic mass is 16.5. The molecule has 1 aromatic carbocycles. The first-order chi connectivity index (χ1) is 9.10. The van der Waals surface area contributed by atoms with E-state index in [9.17, 15) is 9.90 Å². The number of ether oxygens (including phenoxy) is 1. The highest BCUT2D eigenvalue weighted by molar-refractivity contribution is 5.82. The van der Waals surface area contributed by atoms with Gasteiger partial charge in [0.15, 0.2) is 6.10 Å². The first-order valence-electron chi connectivity index (χ1n) is 6.63. The quantitative estimate of drug-likeness (QED) is 0.791. The van der Waals surface area contributed by atoms with E-state index in [4.69, 9.17) is 4.74 Å². The van der Waals surface area contributed by atoms with Gasteiger partial charge >= 0.3 is 0 Å². The number of methoxy groups -OCH3 is 1. The lowest BCUT2D eigenvalue weighted by molar-refractivity contribution is -0.132. The molecule has 3 unspecified atom stereocenters. The number of rotatable bonds is 7. The van der Waals surface area contributed by atoms with E-state index in [2.05, 4.69) is 5.32 Å². The topological polar surface area (TPSA) is 58.6 Å². The van der Waals surface area contributed by atoms with Gasteiger partial charge in [-0.15, -0.1) is 0 Å². The maximum absolute atomic E-state index is 12.0. The number of benzene rings is 1. The Morgan fingerprint density at radius 1 is 1.37 bits per heavy atom. The standard InChI is InChI=1S/C15H23NO3/c1-4-11(2)13(17)10-16-15(18)14(19-3)12-8-6-5-7-9-12/h5-9,11,13-14,17H,4,10H2,1-3H3,(H,16,18). The molecule has 0 saturated carbocycles. The molecule has 1 aromatic rings. The lowest BCUT2D eigenvalue weighted by atomic mass is 10.0. The second-order valence-electron chi connectivity index (χ2n) is 4.72. The Morgan fingerprint density at radius 3 is 2.53 bits per heavy atom. The third kappa shape index (κ3) is 4.65. The summed E-state index contributed by atoms with van der Waals surface area (Å²) in [5.74, 6) is -0.0610. The van der Waals surface area contributed by atoms with E-state index >= 15 is 0 Å². The van der Waals surface area contributed by atoms with Crippen LogP contribution >= 0.6 is 0 Å². The maximum Gasteiger partial charge on any atom is 0.253 e. The Balaban J connectivity index is 2.56. The fraction of sp³-hybridized carbons (Fsp3) is 0.533. The molecule has 19 heavy (non-hydrogen) atoms. The van der Waals surface area contributed by atoms with Gasteiger partial charge in [0.25, 0.3) is 5.91 Å². The summed E-state index contributed by atoms with van der Waals surface area (Å²) in [4.78, 5) is 12.0. The Hall–Kier alpha value is -1.39. The van der Waals surface area contributed by atoms with Crippen LogP contribution in [0.15, 0.2) is 30.3 Å². The molecular weight excluding hydrogens is 242 g/mol. The van der Waals surface area contributed by atoms with E-state index in [-0.39, 0.29) is 18.4 Å². The molecule has 0 aliphatic carbocycles. The fourth-order valence-electron chi connectivity index (χ4n) is 1.79. The maximum atomic E-state index is 12.0. The average molecular weight is 265 g/mol. The molecule has 0 radical (unpaired) electrons. The molecule has 0 spiro atoms. The molecule has 0 saturated heterocycles. The zero-order chi connectivity index (χ0) is 14.3. The van der Waals surface area contributed by atoms with Gasteiger partial charge in [-0.3, -0.25) is 4.79 Å². The van der Waals surface area contributed by atoms with E-state index in [1.807, 2.05) is 44.2 Å². The summed E-state index contributed by atoms with van der Waals surface area (Å²) in [6.07, 6.45) is -0.281. The molecule has 106 valence electrons. The number of aliphatic hydroxyl groups excluding tert-OH is 1. The van der Waals surface area contributed by atoms with Crippen molar-refractivity contribution in [2.75, 3.05) is 13.7 Å². The van der Waals surface area contributed by atoms with Gasteiger partial charge in [0.2, 0.25) is 0 Å². The summed E-state index contributed by atoms with van der Waals surface area (Å²) in [5, 5.41) is 12.6. The molecule has 0 fully saturated rings.